The Morgan fingerprint density at radius 3 is 2.55 bits per heavy atom. The molecular formula is C20H21ClN4O4S2. The van der Waals surface area contributed by atoms with Crippen molar-refractivity contribution in [1.29, 1.82) is 0 Å². The molecule has 1 aromatic heterocycles. The number of nitrogens with one attached hydrogen (secondary N) is 1. The van der Waals surface area contributed by atoms with Crippen LogP contribution in [0, 0.1) is 0 Å². The number of thioether (sulfide) groups is 1. The van der Waals surface area contributed by atoms with Crippen molar-refractivity contribution in [3.05, 3.63) is 47.5 Å². The van der Waals surface area contributed by atoms with Crippen molar-refractivity contribution in [1.82, 2.24) is 19.2 Å². The van der Waals surface area contributed by atoms with Gasteiger partial charge in [-0.05, 0) is 36.4 Å². The molecule has 0 spiro atoms. The first-order chi connectivity index (χ1) is 14.9. The van der Waals surface area contributed by atoms with Crippen LogP contribution < -0.4 is 4.74 Å². The number of rotatable bonds is 6. The van der Waals surface area contributed by atoms with Gasteiger partial charge in [-0.2, -0.15) is 4.31 Å². The second-order valence-electron chi connectivity index (χ2n) is 6.95. The third-order valence-electron chi connectivity index (χ3n) is 5.04. The maximum atomic E-state index is 12.8. The predicted octanol–water partition coefficient (Wildman–Crippen LogP) is 2.85. The third kappa shape index (κ3) is 4.82. The number of aromatic nitrogens is 2. The molecular weight excluding hydrogens is 460 g/mol. The largest absolute Gasteiger partial charge is 0.497 e. The zero-order chi connectivity index (χ0) is 22.0. The second-order valence-corrected chi connectivity index (χ2v) is 10.3. The summed E-state index contributed by atoms with van der Waals surface area (Å²) in [7, 11) is -1.99. The second kappa shape index (κ2) is 9.07. The van der Waals surface area contributed by atoms with Gasteiger partial charge in [-0.15, -0.1) is 0 Å². The number of carbonyl (C=O) groups is 1. The van der Waals surface area contributed by atoms with Crippen LogP contribution in [0.15, 0.2) is 52.5 Å². The Kier molecular flexibility index (Phi) is 6.42. The molecule has 3 aromatic rings. The first-order valence-electron chi connectivity index (χ1n) is 9.57. The smallest absolute Gasteiger partial charge is 0.243 e. The Hall–Kier alpha value is -2.27. The van der Waals surface area contributed by atoms with Crippen LogP contribution in [-0.4, -0.2) is 72.5 Å². The van der Waals surface area contributed by atoms with Crippen molar-refractivity contribution in [2.24, 2.45) is 0 Å². The molecule has 164 valence electrons. The summed E-state index contributed by atoms with van der Waals surface area (Å²) in [6.07, 6.45) is 0. The predicted molar refractivity (Wildman–Crippen MR) is 120 cm³/mol. The molecule has 0 saturated carbocycles. The number of methoxy groups -OCH3 is 1. The minimum Gasteiger partial charge on any atom is -0.497 e. The number of nitrogens with zero attached hydrogens (tertiary/aromatic N) is 3. The molecule has 0 atom stereocenters. The number of H-pyrrole nitrogens is 1. The summed E-state index contributed by atoms with van der Waals surface area (Å²) in [5.74, 6) is 0.905. The highest BCUT2D eigenvalue weighted by Crippen LogP contribution is 2.24. The van der Waals surface area contributed by atoms with Crippen molar-refractivity contribution in [2.75, 3.05) is 39.0 Å². The van der Waals surface area contributed by atoms with E-state index >= 15 is 0 Å². The summed E-state index contributed by atoms with van der Waals surface area (Å²) < 4.78 is 32.2. The van der Waals surface area contributed by atoms with Gasteiger partial charge in [-0.1, -0.05) is 23.4 Å². The fourth-order valence-corrected chi connectivity index (χ4v) is 5.65. The Morgan fingerprint density at radius 1 is 1.16 bits per heavy atom. The van der Waals surface area contributed by atoms with Gasteiger partial charge < -0.3 is 14.6 Å². The summed E-state index contributed by atoms with van der Waals surface area (Å²) >= 11 is 7.17. The molecule has 11 heteroatoms. The van der Waals surface area contributed by atoms with Gasteiger partial charge in [0, 0.05) is 37.3 Å². The van der Waals surface area contributed by atoms with Crippen LogP contribution in [0.5, 0.6) is 5.75 Å². The summed E-state index contributed by atoms with van der Waals surface area (Å²) in [6.45, 7) is 1.21. The van der Waals surface area contributed by atoms with Crippen LogP contribution in [0.2, 0.25) is 5.02 Å². The van der Waals surface area contributed by atoms with E-state index in [4.69, 9.17) is 16.3 Å². The van der Waals surface area contributed by atoms with E-state index in [1.807, 2.05) is 18.2 Å². The van der Waals surface area contributed by atoms with E-state index < -0.39 is 10.0 Å². The molecule has 1 aliphatic rings. The van der Waals surface area contributed by atoms with Crippen LogP contribution in [0.4, 0.5) is 0 Å². The number of hydrogen-bond acceptors (Lipinski definition) is 6. The minimum atomic E-state index is -3.60. The van der Waals surface area contributed by atoms with Gasteiger partial charge in [0.25, 0.3) is 0 Å². The van der Waals surface area contributed by atoms with Crippen LogP contribution in [0.1, 0.15) is 0 Å². The summed E-state index contributed by atoms with van der Waals surface area (Å²) in [4.78, 5) is 22.2. The number of benzene rings is 2. The lowest BCUT2D eigenvalue weighted by Gasteiger charge is -2.34. The molecule has 0 unspecified atom stereocenters. The van der Waals surface area contributed by atoms with Crippen LogP contribution in [-0.2, 0) is 14.8 Å². The number of carbonyl (C=O) groups excluding carboxylic acids is 1. The topological polar surface area (TPSA) is 95.6 Å². The summed E-state index contributed by atoms with van der Waals surface area (Å²) in [5.41, 5.74) is 1.65. The Balaban J connectivity index is 1.32. The van der Waals surface area contributed by atoms with Crippen molar-refractivity contribution in [3.8, 4) is 5.75 Å². The van der Waals surface area contributed by atoms with Gasteiger partial charge >= 0.3 is 0 Å². The van der Waals surface area contributed by atoms with Crippen molar-refractivity contribution >= 4 is 50.3 Å². The molecule has 1 saturated heterocycles. The van der Waals surface area contributed by atoms with Crippen molar-refractivity contribution in [3.63, 3.8) is 0 Å². The lowest BCUT2D eigenvalue weighted by Crippen LogP contribution is -2.50. The third-order valence-corrected chi connectivity index (χ3v) is 8.07. The maximum absolute atomic E-state index is 12.8. The maximum Gasteiger partial charge on any atom is 0.243 e. The summed E-state index contributed by atoms with van der Waals surface area (Å²) in [5, 5.41) is 1.14. The highest BCUT2D eigenvalue weighted by atomic mass is 35.5. The minimum absolute atomic E-state index is 0.0495. The molecule has 8 nitrogen and oxygen atoms in total. The van der Waals surface area contributed by atoms with Crippen LogP contribution in [0.3, 0.4) is 0 Å². The number of amides is 1. The van der Waals surface area contributed by atoms with Gasteiger partial charge in [-0.25, -0.2) is 13.4 Å². The van der Waals surface area contributed by atoms with E-state index in [0.29, 0.717) is 23.3 Å². The average molecular weight is 481 g/mol. The van der Waals surface area contributed by atoms with Gasteiger partial charge in [0.2, 0.25) is 15.9 Å². The van der Waals surface area contributed by atoms with E-state index in [1.165, 1.54) is 28.2 Å². The fraction of sp³-hybridized carbons (Fsp3) is 0.300. The van der Waals surface area contributed by atoms with Crippen LogP contribution in [0.25, 0.3) is 11.0 Å². The molecule has 1 aliphatic heterocycles. The Labute approximate surface area is 189 Å². The SMILES string of the molecule is COc1ccc2nc(SCC(=O)N3CCN(S(=O)(=O)c4ccc(Cl)cc4)CC3)[nH]c2c1. The standard InChI is InChI=1S/C20H21ClN4O4S2/c1-29-15-4-7-17-18(12-15)23-20(22-17)30-13-19(26)24-8-10-25(11-9-24)31(27,28)16-5-2-14(21)3-6-16/h2-7,12H,8-11,13H2,1H3,(H,22,23). The van der Waals surface area contributed by atoms with E-state index in [1.54, 1.807) is 24.1 Å². The van der Waals surface area contributed by atoms with Crippen LogP contribution >= 0.6 is 23.4 Å². The number of fused-ring (bicyclic) bond motifs is 1. The molecule has 2 aromatic carbocycles. The van der Waals surface area contributed by atoms with Gasteiger partial charge in [0.05, 0.1) is 28.8 Å². The molecule has 1 amide bonds. The fourth-order valence-electron chi connectivity index (χ4n) is 3.32. The highest BCUT2D eigenvalue weighted by Gasteiger charge is 2.30. The Bertz CT molecular complexity index is 1190. The van der Waals surface area contributed by atoms with Crippen molar-refractivity contribution < 1.29 is 17.9 Å². The molecule has 0 aliphatic carbocycles. The number of ether oxygens (including phenoxy) is 1. The first-order valence-corrected chi connectivity index (χ1v) is 12.4. The van der Waals surface area contributed by atoms with E-state index in [0.717, 1.165) is 16.8 Å². The molecule has 31 heavy (non-hydrogen) atoms. The number of sulfonamides is 1. The molecule has 2 heterocycles. The molecule has 0 radical (unpaired) electrons. The number of imidazole rings is 1. The highest BCUT2D eigenvalue weighted by molar-refractivity contribution is 7.99. The molecule has 4 rings (SSSR count). The summed E-state index contributed by atoms with van der Waals surface area (Å²) in [6, 6.07) is 11.6. The lowest BCUT2D eigenvalue weighted by molar-refractivity contribution is -0.129. The van der Waals surface area contributed by atoms with Gasteiger partial charge in [-0.3, -0.25) is 4.79 Å². The zero-order valence-corrected chi connectivity index (χ0v) is 19.1. The van der Waals surface area contributed by atoms with Gasteiger partial charge in [0.15, 0.2) is 5.16 Å². The number of piperazine rings is 1. The van der Waals surface area contributed by atoms with Crippen molar-refractivity contribution in [2.45, 2.75) is 10.1 Å². The molecule has 0 bridgehead atoms. The number of hydrogen-bond donors (Lipinski definition) is 1. The average Bonchev–Trinajstić information content (AvgIpc) is 3.20. The molecule has 1 fully saturated rings. The number of halogens is 1. The lowest BCUT2D eigenvalue weighted by atomic mass is 10.3. The number of aromatic amines is 1. The normalized spacial score (nSPS) is 15.4. The molecule has 1 N–H and O–H groups in total. The Morgan fingerprint density at radius 2 is 1.87 bits per heavy atom. The first kappa shape index (κ1) is 21.9. The van der Waals surface area contributed by atoms with E-state index in [9.17, 15) is 13.2 Å². The monoisotopic (exact) mass is 480 g/mol. The quantitative estimate of drug-likeness (QED) is 0.545. The van der Waals surface area contributed by atoms with Gasteiger partial charge in [0.1, 0.15) is 5.75 Å². The van der Waals surface area contributed by atoms with E-state index in [2.05, 4.69) is 9.97 Å². The zero-order valence-electron chi connectivity index (χ0n) is 16.7. The van der Waals surface area contributed by atoms with E-state index in [-0.39, 0.29) is 29.6 Å².